The minimum atomic E-state index is -0.271. The first-order valence-electron chi connectivity index (χ1n) is 3.92. The molecule has 0 unspecified atom stereocenters. The number of esters is 1. The number of nitrogens with one attached hydrogen (secondary N) is 1. The summed E-state index contributed by atoms with van der Waals surface area (Å²) in [7, 11) is 1.38. The van der Waals surface area contributed by atoms with Crippen LogP contribution in [0.15, 0.2) is 11.7 Å². The van der Waals surface area contributed by atoms with Gasteiger partial charge in [0.1, 0.15) is 6.04 Å². The van der Waals surface area contributed by atoms with Crippen molar-refractivity contribution in [3.63, 3.8) is 0 Å². The molecule has 0 radical (unpaired) electrons. The van der Waals surface area contributed by atoms with Crippen LogP contribution in [-0.2, 0) is 16.1 Å². The number of carbonyl (C=O) groups excluding carboxylic acids is 1. The predicted molar refractivity (Wildman–Crippen MR) is 50.4 cm³/mol. The fraction of sp³-hybridized carbons (Fsp3) is 0.500. The first-order chi connectivity index (χ1) is 6.24. The lowest BCUT2D eigenvalue weighted by atomic mass is 10.3. The predicted octanol–water partition coefficient (Wildman–Crippen LogP) is 0.794. The average Bonchev–Trinajstić information content (AvgIpc) is 2.65. The Morgan fingerprint density at radius 3 is 3.15 bits per heavy atom. The topological polar surface area (TPSA) is 51.2 Å². The standard InChI is InChI=1S/C8H12N2O2S/c1-6(8(11)12-2)10-4-7-3-9-5-13-7/h3,5-6,10H,4H2,1-2H3/t6-/m1/s1. The maximum Gasteiger partial charge on any atom is 0.322 e. The molecule has 1 rings (SSSR count). The molecular formula is C8H12N2O2S. The van der Waals surface area contributed by atoms with Gasteiger partial charge in [0, 0.05) is 17.6 Å². The van der Waals surface area contributed by atoms with Gasteiger partial charge in [-0.1, -0.05) is 0 Å². The van der Waals surface area contributed by atoms with Crippen molar-refractivity contribution in [2.24, 2.45) is 0 Å². The van der Waals surface area contributed by atoms with Gasteiger partial charge in [0.05, 0.1) is 12.6 Å². The van der Waals surface area contributed by atoms with E-state index in [9.17, 15) is 4.79 Å². The molecule has 13 heavy (non-hydrogen) atoms. The summed E-state index contributed by atoms with van der Waals surface area (Å²) in [5.74, 6) is -0.246. The highest BCUT2D eigenvalue weighted by Gasteiger charge is 2.11. The van der Waals surface area contributed by atoms with E-state index < -0.39 is 0 Å². The Kier molecular flexibility index (Phi) is 3.85. The highest BCUT2D eigenvalue weighted by atomic mass is 32.1. The first kappa shape index (κ1) is 10.1. The van der Waals surface area contributed by atoms with E-state index in [0.717, 1.165) is 4.88 Å². The van der Waals surface area contributed by atoms with Crippen molar-refractivity contribution in [3.8, 4) is 0 Å². The van der Waals surface area contributed by atoms with E-state index in [1.165, 1.54) is 7.11 Å². The lowest BCUT2D eigenvalue weighted by molar-refractivity contribution is -0.142. The normalized spacial score (nSPS) is 12.5. The minimum Gasteiger partial charge on any atom is -0.468 e. The number of ether oxygens (including phenoxy) is 1. The molecule has 1 aromatic heterocycles. The monoisotopic (exact) mass is 200 g/mol. The van der Waals surface area contributed by atoms with Crippen molar-refractivity contribution in [2.45, 2.75) is 19.5 Å². The molecule has 4 nitrogen and oxygen atoms in total. The van der Waals surface area contributed by atoms with Gasteiger partial charge in [-0.3, -0.25) is 15.1 Å². The average molecular weight is 200 g/mol. The van der Waals surface area contributed by atoms with Crippen LogP contribution in [0.2, 0.25) is 0 Å². The molecule has 0 amide bonds. The van der Waals surface area contributed by atoms with Crippen LogP contribution in [0.4, 0.5) is 0 Å². The van der Waals surface area contributed by atoms with Crippen LogP contribution in [-0.4, -0.2) is 24.1 Å². The number of rotatable bonds is 4. The zero-order valence-electron chi connectivity index (χ0n) is 7.61. The van der Waals surface area contributed by atoms with E-state index in [-0.39, 0.29) is 12.0 Å². The summed E-state index contributed by atoms with van der Waals surface area (Å²) < 4.78 is 4.57. The lowest BCUT2D eigenvalue weighted by Gasteiger charge is -2.09. The van der Waals surface area contributed by atoms with E-state index in [0.29, 0.717) is 6.54 Å². The number of thiazole rings is 1. The number of hydrogen-bond acceptors (Lipinski definition) is 5. The third-order valence-corrected chi connectivity index (χ3v) is 2.40. The summed E-state index contributed by atoms with van der Waals surface area (Å²) in [6, 6.07) is -0.271. The number of methoxy groups -OCH3 is 1. The molecule has 5 heteroatoms. The number of aromatic nitrogens is 1. The fourth-order valence-corrected chi connectivity index (χ4v) is 1.39. The minimum absolute atomic E-state index is 0.246. The maximum atomic E-state index is 11.0. The van der Waals surface area contributed by atoms with E-state index in [4.69, 9.17) is 0 Å². The summed E-state index contributed by atoms with van der Waals surface area (Å²) in [5, 5.41) is 3.03. The Hall–Kier alpha value is -0.940. The van der Waals surface area contributed by atoms with Crippen molar-refractivity contribution < 1.29 is 9.53 Å². The van der Waals surface area contributed by atoms with Gasteiger partial charge >= 0.3 is 5.97 Å². The quantitative estimate of drug-likeness (QED) is 0.730. The summed E-state index contributed by atoms with van der Waals surface area (Å²) >= 11 is 1.56. The van der Waals surface area contributed by atoms with Crippen LogP contribution in [0.1, 0.15) is 11.8 Å². The molecule has 0 aliphatic heterocycles. The number of carbonyl (C=O) groups is 1. The van der Waals surface area contributed by atoms with E-state index >= 15 is 0 Å². The second-order valence-corrected chi connectivity index (χ2v) is 3.56. The third kappa shape index (κ3) is 3.12. The van der Waals surface area contributed by atoms with Gasteiger partial charge in [0.2, 0.25) is 0 Å². The smallest absolute Gasteiger partial charge is 0.322 e. The van der Waals surface area contributed by atoms with Crippen molar-refractivity contribution in [1.82, 2.24) is 10.3 Å². The van der Waals surface area contributed by atoms with Crippen LogP contribution in [0.25, 0.3) is 0 Å². The van der Waals surface area contributed by atoms with Gasteiger partial charge < -0.3 is 4.74 Å². The Balaban J connectivity index is 2.30. The van der Waals surface area contributed by atoms with Crippen molar-refractivity contribution in [2.75, 3.05) is 7.11 Å². The molecule has 0 saturated carbocycles. The molecule has 0 aliphatic carbocycles. The number of hydrogen-bond donors (Lipinski definition) is 1. The Morgan fingerprint density at radius 2 is 2.62 bits per heavy atom. The van der Waals surface area contributed by atoms with Gasteiger partial charge in [-0.2, -0.15) is 0 Å². The van der Waals surface area contributed by atoms with Gasteiger partial charge in [-0.15, -0.1) is 11.3 Å². The molecule has 1 aromatic rings. The summed E-state index contributed by atoms with van der Waals surface area (Å²) in [6.07, 6.45) is 1.78. The van der Waals surface area contributed by atoms with Crippen molar-refractivity contribution in [1.29, 1.82) is 0 Å². The van der Waals surface area contributed by atoms with Crippen LogP contribution >= 0.6 is 11.3 Å². The molecule has 0 bridgehead atoms. The largest absolute Gasteiger partial charge is 0.468 e. The molecule has 1 N–H and O–H groups in total. The van der Waals surface area contributed by atoms with Crippen LogP contribution < -0.4 is 5.32 Å². The van der Waals surface area contributed by atoms with Gasteiger partial charge in [-0.25, -0.2) is 0 Å². The lowest BCUT2D eigenvalue weighted by Crippen LogP contribution is -2.34. The van der Waals surface area contributed by atoms with Gasteiger partial charge in [0.25, 0.3) is 0 Å². The Morgan fingerprint density at radius 1 is 1.85 bits per heavy atom. The molecule has 72 valence electrons. The highest BCUT2D eigenvalue weighted by molar-refractivity contribution is 7.09. The van der Waals surface area contributed by atoms with Gasteiger partial charge in [0.15, 0.2) is 0 Å². The first-order valence-corrected chi connectivity index (χ1v) is 4.80. The molecule has 0 aromatic carbocycles. The molecule has 0 spiro atoms. The zero-order valence-corrected chi connectivity index (χ0v) is 8.43. The Labute approximate surface area is 80.9 Å². The van der Waals surface area contributed by atoms with Crippen molar-refractivity contribution >= 4 is 17.3 Å². The molecule has 1 heterocycles. The fourth-order valence-electron chi connectivity index (χ4n) is 0.843. The molecule has 1 atom stereocenters. The van der Waals surface area contributed by atoms with E-state index in [1.807, 2.05) is 0 Å². The van der Waals surface area contributed by atoms with Crippen LogP contribution in [0, 0.1) is 0 Å². The molecular weight excluding hydrogens is 188 g/mol. The van der Waals surface area contributed by atoms with E-state index in [2.05, 4.69) is 15.0 Å². The van der Waals surface area contributed by atoms with Crippen LogP contribution in [0.5, 0.6) is 0 Å². The second kappa shape index (κ2) is 4.94. The third-order valence-electron chi connectivity index (χ3n) is 1.62. The number of nitrogens with zero attached hydrogens (tertiary/aromatic N) is 1. The highest BCUT2D eigenvalue weighted by Crippen LogP contribution is 2.04. The second-order valence-electron chi connectivity index (χ2n) is 2.59. The summed E-state index contributed by atoms with van der Waals surface area (Å²) in [5.41, 5.74) is 1.76. The molecule has 0 fully saturated rings. The van der Waals surface area contributed by atoms with Crippen LogP contribution in [0.3, 0.4) is 0 Å². The van der Waals surface area contributed by atoms with E-state index in [1.54, 1.807) is 30.0 Å². The Bertz CT molecular complexity index is 261. The molecule has 0 aliphatic rings. The zero-order chi connectivity index (χ0) is 9.68. The van der Waals surface area contributed by atoms with Crippen molar-refractivity contribution in [3.05, 3.63) is 16.6 Å². The summed E-state index contributed by atoms with van der Waals surface area (Å²) in [6.45, 7) is 2.42. The maximum absolute atomic E-state index is 11.0. The SMILES string of the molecule is COC(=O)[C@@H](C)NCc1cncs1. The van der Waals surface area contributed by atoms with Gasteiger partial charge in [-0.05, 0) is 6.92 Å². The molecule has 0 saturated heterocycles. The summed E-state index contributed by atoms with van der Waals surface area (Å²) in [4.78, 5) is 16.0.